The Morgan fingerprint density at radius 1 is 0.966 bits per heavy atom. The van der Waals surface area contributed by atoms with Gasteiger partial charge in [-0.3, -0.25) is 4.79 Å². The van der Waals surface area contributed by atoms with Gasteiger partial charge in [0.1, 0.15) is 11.6 Å². The molecule has 1 aliphatic rings. The number of benzene rings is 1. The van der Waals surface area contributed by atoms with Crippen molar-refractivity contribution >= 4 is 23.5 Å². The lowest BCUT2D eigenvalue weighted by molar-refractivity contribution is 0.0570. The number of pyridine rings is 1. The van der Waals surface area contributed by atoms with Gasteiger partial charge in [0.15, 0.2) is 0 Å². The van der Waals surface area contributed by atoms with Gasteiger partial charge < -0.3 is 24.6 Å². The Morgan fingerprint density at radius 3 is 2.24 bits per heavy atom. The molecule has 1 N–H and O–H groups in total. The number of ether oxygens (including phenoxy) is 2. The van der Waals surface area contributed by atoms with E-state index in [2.05, 4.69) is 10.3 Å². The van der Waals surface area contributed by atoms with E-state index in [1.54, 1.807) is 35.1 Å². The van der Waals surface area contributed by atoms with Gasteiger partial charge in [-0.2, -0.15) is 0 Å². The van der Waals surface area contributed by atoms with Crippen molar-refractivity contribution in [2.24, 2.45) is 0 Å². The molecule has 2 amide bonds. The molecule has 0 unspecified atom stereocenters. The number of piperazine rings is 1. The number of nitrogens with one attached hydrogen (secondary N) is 1. The molecule has 3 rings (SSSR count). The number of aromatic nitrogens is 1. The van der Waals surface area contributed by atoms with Crippen LogP contribution >= 0.6 is 0 Å². The average molecular weight is 398 g/mol. The molecule has 0 aliphatic carbocycles. The van der Waals surface area contributed by atoms with Crippen LogP contribution < -0.4 is 10.1 Å². The summed E-state index contributed by atoms with van der Waals surface area (Å²) in [7, 11) is 0. The molecule has 8 nitrogen and oxygen atoms in total. The van der Waals surface area contributed by atoms with Crippen LogP contribution in [0.2, 0.25) is 0 Å². The average Bonchev–Trinajstić information content (AvgIpc) is 2.76. The zero-order valence-corrected chi connectivity index (χ0v) is 16.8. The van der Waals surface area contributed by atoms with Gasteiger partial charge in [0.25, 0.3) is 5.91 Å². The Bertz CT molecular complexity index is 816. The third-order valence-electron chi connectivity index (χ3n) is 4.54. The first kappa shape index (κ1) is 20.4. The molecule has 0 radical (unpaired) electrons. The molecule has 29 heavy (non-hydrogen) atoms. The Kier molecular flexibility index (Phi) is 6.89. The smallest absolute Gasteiger partial charge is 0.409 e. The molecular formula is C21H26N4O4. The third-order valence-corrected chi connectivity index (χ3v) is 4.54. The number of rotatable bonds is 6. The monoisotopic (exact) mass is 398 g/mol. The molecule has 1 aliphatic heterocycles. The van der Waals surface area contributed by atoms with Gasteiger partial charge in [-0.1, -0.05) is 0 Å². The molecule has 2 aromatic rings. The summed E-state index contributed by atoms with van der Waals surface area (Å²) in [4.78, 5) is 32.1. The van der Waals surface area contributed by atoms with E-state index in [-0.39, 0.29) is 12.0 Å². The van der Waals surface area contributed by atoms with Crippen LogP contribution in [0, 0.1) is 0 Å². The van der Waals surface area contributed by atoms with Gasteiger partial charge in [-0.05, 0) is 50.2 Å². The SMILES string of the molecule is CCOC(=O)N1CCN(C(=O)c2ccc(Nc3ccc(OCC)cc3)nc2)CC1. The quantitative estimate of drug-likeness (QED) is 0.805. The largest absolute Gasteiger partial charge is 0.494 e. The summed E-state index contributed by atoms with van der Waals surface area (Å²) >= 11 is 0. The molecule has 154 valence electrons. The van der Waals surface area contributed by atoms with Crippen LogP contribution in [0.5, 0.6) is 5.75 Å². The standard InChI is InChI=1S/C21H26N4O4/c1-3-28-18-8-6-17(7-9-18)23-19-10-5-16(15-22-19)20(26)24-11-13-25(14-12-24)21(27)29-4-2/h5-10,15H,3-4,11-14H2,1-2H3,(H,22,23). The van der Waals surface area contributed by atoms with Crippen LogP contribution in [0.4, 0.5) is 16.3 Å². The minimum absolute atomic E-state index is 0.0892. The molecule has 0 atom stereocenters. The normalized spacial score (nSPS) is 13.7. The van der Waals surface area contributed by atoms with E-state index >= 15 is 0 Å². The van der Waals surface area contributed by atoms with Gasteiger partial charge in [0, 0.05) is 38.1 Å². The number of carbonyl (C=O) groups is 2. The highest BCUT2D eigenvalue weighted by molar-refractivity contribution is 5.94. The highest BCUT2D eigenvalue weighted by atomic mass is 16.6. The fourth-order valence-corrected chi connectivity index (χ4v) is 3.03. The number of hydrogen-bond acceptors (Lipinski definition) is 6. The lowest BCUT2D eigenvalue weighted by Crippen LogP contribution is -2.50. The van der Waals surface area contributed by atoms with Crippen molar-refractivity contribution in [3.05, 3.63) is 48.2 Å². The summed E-state index contributed by atoms with van der Waals surface area (Å²) < 4.78 is 10.4. The lowest BCUT2D eigenvalue weighted by atomic mass is 10.2. The zero-order valence-electron chi connectivity index (χ0n) is 16.8. The Morgan fingerprint density at radius 2 is 1.66 bits per heavy atom. The summed E-state index contributed by atoms with van der Waals surface area (Å²) in [5, 5.41) is 3.20. The second-order valence-electron chi connectivity index (χ2n) is 6.49. The maximum Gasteiger partial charge on any atom is 0.409 e. The number of anilines is 2. The minimum atomic E-state index is -0.328. The van der Waals surface area contributed by atoms with Crippen molar-refractivity contribution in [1.82, 2.24) is 14.8 Å². The minimum Gasteiger partial charge on any atom is -0.494 e. The van der Waals surface area contributed by atoms with Crippen LogP contribution in [0.3, 0.4) is 0 Å². The third kappa shape index (κ3) is 5.37. The Balaban J connectivity index is 1.54. The van der Waals surface area contributed by atoms with Crippen LogP contribution in [-0.2, 0) is 4.74 Å². The van der Waals surface area contributed by atoms with Crippen LogP contribution in [-0.4, -0.2) is 66.2 Å². The Hall–Kier alpha value is -3.29. The molecule has 1 fully saturated rings. The zero-order chi connectivity index (χ0) is 20.6. The molecule has 1 saturated heterocycles. The fourth-order valence-electron chi connectivity index (χ4n) is 3.03. The number of nitrogens with zero attached hydrogens (tertiary/aromatic N) is 3. The van der Waals surface area contributed by atoms with Gasteiger partial charge >= 0.3 is 6.09 Å². The molecule has 0 spiro atoms. The van der Waals surface area contributed by atoms with Crippen LogP contribution in [0.25, 0.3) is 0 Å². The van der Waals surface area contributed by atoms with Crippen LogP contribution in [0.15, 0.2) is 42.6 Å². The van der Waals surface area contributed by atoms with Crippen molar-refractivity contribution in [2.45, 2.75) is 13.8 Å². The van der Waals surface area contributed by atoms with E-state index in [9.17, 15) is 9.59 Å². The first-order valence-electron chi connectivity index (χ1n) is 9.77. The van der Waals surface area contributed by atoms with Gasteiger partial charge in [-0.25, -0.2) is 9.78 Å². The fraction of sp³-hybridized carbons (Fsp3) is 0.381. The summed E-state index contributed by atoms with van der Waals surface area (Å²) in [6.45, 7) is 6.58. The first-order valence-corrected chi connectivity index (χ1v) is 9.77. The van der Waals surface area contributed by atoms with E-state index in [0.717, 1.165) is 11.4 Å². The number of hydrogen-bond donors (Lipinski definition) is 1. The van der Waals surface area contributed by atoms with Crippen molar-refractivity contribution < 1.29 is 19.1 Å². The molecule has 1 aromatic heterocycles. The topological polar surface area (TPSA) is 84.0 Å². The van der Waals surface area contributed by atoms with E-state index in [0.29, 0.717) is 50.8 Å². The summed E-state index contributed by atoms with van der Waals surface area (Å²) in [6.07, 6.45) is 1.24. The van der Waals surface area contributed by atoms with Gasteiger partial charge in [-0.15, -0.1) is 0 Å². The predicted octanol–water partition coefficient (Wildman–Crippen LogP) is 3.14. The predicted molar refractivity (Wildman–Crippen MR) is 110 cm³/mol. The van der Waals surface area contributed by atoms with E-state index in [1.807, 2.05) is 31.2 Å². The van der Waals surface area contributed by atoms with Crippen molar-refractivity contribution in [3.8, 4) is 5.75 Å². The molecule has 0 saturated carbocycles. The molecule has 0 bridgehead atoms. The van der Waals surface area contributed by atoms with Gasteiger partial charge in [0.05, 0.1) is 18.8 Å². The maximum atomic E-state index is 12.7. The van der Waals surface area contributed by atoms with Crippen molar-refractivity contribution in [1.29, 1.82) is 0 Å². The second-order valence-corrected chi connectivity index (χ2v) is 6.49. The van der Waals surface area contributed by atoms with Crippen molar-refractivity contribution in [2.75, 3.05) is 44.7 Å². The second kappa shape index (κ2) is 9.77. The highest BCUT2D eigenvalue weighted by Gasteiger charge is 2.25. The Labute approximate surface area is 170 Å². The molecule has 2 heterocycles. The van der Waals surface area contributed by atoms with Crippen LogP contribution in [0.1, 0.15) is 24.2 Å². The lowest BCUT2D eigenvalue weighted by Gasteiger charge is -2.34. The first-order chi connectivity index (χ1) is 14.1. The van der Waals surface area contributed by atoms with E-state index < -0.39 is 0 Å². The van der Waals surface area contributed by atoms with Crippen molar-refractivity contribution in [3.63, 3.8) is 0 Å². The molecular weight excluding hydrogens is 372 g/mol. The van der Waals surface area contributed by atoms with Gasteiger partial charge in [0.2, 0.25) is 0 Å². The molecule has 1 aromatic carbocycles. The summed E-state index contributed by atoms with van der Waals surface area (Å²) in [6, 6.07) is 11.1. The van der Waals surface area contributed by atoms with E-state index in [1.165, 1.54) is 0 Å². The summed E-state index contributed by atoms with van der Waals surface area (Å²) in [5.41, 5.74) is 1.40. The summed E-state index contributed by atoms with van der Waals surface area (Å²) in [5.74, 6) is 1.38. The van der Waals surface area contributed by atoms with E-state index in [4.69, 9.17) is 9.47 Å². The molecule has 8 heteroatoms. The highest BCUT2D eigenvalue weighted by Crippen LogP contribution is 2.19. The number of carbonyl (C=O) groups excluding carboxylic acids is 2. The maximum absolute atomic E-state index is 12.7. The number of amides is 2.